The first-order chi connectivity index (χ1) is 17.8. The third-order valence-electron chi connectivity index (χ3n) is 6.42. The minimum absolute atomic E-state index is 0.0388. The molecule has 10 nitrogen and oxygen atoms in total. The number of para-hydroxylation sites is 1. The van der Waals surface area contributed by atoms with E-state index in [1.807, 2.05) is 25.1 Å². The minimum Gasteiger partial charge on any atom is -0.456 e. The first-order valence-corrected chi connectivity index (χ1v) is 11.9. The van der Waals surface area contributed by atoms with Gasteiger partial charge >= 0.3 is 0 Å². The Morgan fingerprint density at radius 2 is 1.76 bits per heavy atom. The quantitative estimate of drug-likeness (QED) is 0.399. The van der Waals surface area contributed by atoms with Gasteiger partial charge in [0.25, 0.3) is 11.5 Å². The summed E-state index contributed by atoms with van der Waals surface area (Å²) < 4.78 is 8.92. The van der Waals surface area contributed by atoms with E-state index >= 15 is 0 Å². The van der Waals surface area contributed by atoms with E-state index in [4.69, 9.17) is 4.74 Å². The van der Waals surface area contributed by atoms with Crippen molar-refractivity contribution >= 4 is 23.5 Å². The lowest BCUT2D eigenvalue weighted by atomic mass is 10.2. The van der Waals surface area contributed by atoms with Gasteiger partial charge in [0.1, 0.15) is 28.7 Å². The van der Waals surface area contributed by atoms with Crippen molar-refractivity contribution in [3.63, 3.8) is 0 Å². The van der Waals surface area contributed by atoms with E-state index in [9.17, 15) is 14.4 Å². The van der Waals surface area contributed by atoms with Gasteiger partial charge in [-0.15, -0.1) is 0 Å². The molecule has 3 heterocycles. The van der Waals surface area contributed by atoms with E-state index < -0.39 is 11.5 Å². The Balaban J connectivity index is 1.27. The third kappa shape index (κ3) is 4.99. The van der Waals surface area contributed by atoms with Crippen LogP contribution >= 0.6 is 0 Å². The maximum absolute atomic E-state index is 13.1. The number of hydrogen-bond donors (Lipinski definition) is 2. The van der Waals surface area contributed by atoms with Gasteiger partial charge < -0.3 is 15.4 Å². The highest BCUT2D eigenvalue weighted by molar-refractivity contribution is 6.04. The summed E-state index contributed by atoms with van der Waals surface area (Å²) >= 11 is 0. The molecule has 3 aromatic heterocycles. The molecule has 0 aliphatic heterocycles. The molecule has 1 unspecified atom stereocenters. The van der Waals surface area contributed by atoms with Gasteiger partial charge in [-0.1, -0.05) is 25.1 Å². The number of carbonyl (C=O) groups excluding carboxylic acids is 2. The number of aromatic nitrogens is 4. The molecule has 2 N–H and O–H groups in total. The van der Waals surface area contributed by atoms with E-state index in [1.165, 1.54) is 10.9 Å². The summed E-state index contributed by atoms with van der Waals surface area (Å²) in [6.07, 6.45) is 3.90. The van der Waals surface area contributed by atoms with Crippen LogP contribution in [0.2, 0.25) is 0 Å². The maximum Gasteiger partial charge on any atom is 0.284 e. The molecular formula is C27H26N6O4. The van der Waals surface area contributed by atoms with Crippen LogP contribution in [0.15, 0.2) is 71.8 Å². The van der Waals surface area contributed by atoms with Gasteiger partial charge in [-0.3, -0.25) is 19.1 Å². The Kier molecular flexibility index (Phi) is 6.31. The summed E-state index contributed by atoms with van der Waals surface area (Å²) in [6, 6.07) is 15.7. The second-order valence-corrected chi connectivity index (χ2v) is 9.06. The Morgan fingerprint density at radius 1 is 1.00 bits per heavy atom. The number of rotatable bonds is 7. The van der Waals surface area contributed by atoms with Gasteiger partial charge in [-0.05, 0) is 49.6 Å². The van der Waals surface area contributed by atoms with Crippen molar-refractivity contribution in [2.75, 3.05) is 10.6 Å². The van der Waals surface area contributed by atoms with Crippen LogP contribution in [0.1, 0.15) is 29.4 Å². The Morgan fingerprint density at radius 3 is 2.43 bits per heavy atom. The molecule has 37 heavy (non-hydrogen) atoms. The van der Waals surface area contributed by atoms with Crippen LogP contribution in [-0.4, -0.2) is 31.1 Å². The average molecular weight is 499 g/mol. The number of pyridine rings is 2. The molecule has 1 aliphatic carbocycles. The number of anilines is 2. The predicted octanol–water partition coefficient (Wildman–Crippen LogP) is 3.91. The molecule has 4 aromatic rings. The Bertz CT molecular complexity index is 1520. The topological polar surface area (TPSA) is 120 Å². The van der Waals surface area contributed by atoms with Crippen molar-refractivity contribution in [2.24, 2.45) is 18.9 Å². The van der Waals surface area contributed by atoms with Crippen LogP contribution in [0.5, 0.6) is 11.5 Å². The van der Waals surface area contributed by atoms with Gasteiger partial charge in [-0.25, -0.2) is 14.6 Å². The van der Waals surface area contributed by atoms with Crippen LogP contribution < -0.4 is 20.9 Å². The van der Waals surface area contributed by atoms with Crippen LogP contribution in [0.3, 0.4) is 0 Å². The summed E-state index contributed by atoms with van der Waals surface area (Å²) in [5.74, 6) is 1.45. The number of ether oxygens (including phenoxy) is 1. The molecule has 10 heteroatoms. The Labute approximate surface area is 212 Å². The van der Waals surface area contributed by atoms with E-state index in [2.05, 4.69) is 20.6 Å². The molecule has 2 atom stereocenters. The van der Waals surface area contributed by atoms with Crippen LogP contribution in [0.4, 0.5) is 11.6 Å². The van der Waals surface area contributed by atoms with Gasteiger partial charge in [0.05, 0.1) is 17.6 Å². The van der Waals surface area contributed by atoms with Gasteiger partial charge in [0.2, 0.25) is 5.91 Å². The van der Waals surface area contributed by atoms with Crippen molar-refractivity contribution in [3.05, 3.63) is 88.6 Å². The fourth-order valence-electron chi connectivity index (χ4n) is 4.11. The van der Waals surface area contributed by atoms with Crippen molar-refractivity contribution < 1.29 is 14.3 Å². The van der Waals surface area contributed by atoms with Crippen molar-refractivity contribution in [1.29, 1.82) is 0 Å². The summed E-state index contributed by atoms with van der Waals surface area (Å²) in [5.41, 5.74) is 0.821. The van der Waals surface area contributed by atoms with Crippen molar-refractivity contribution in [3.8, 4) is 17.2 Å². The minimum atomic E-state index is -0.548. The first kappa shape index (κ1) is 24.0. The average Bonchev–Trinajstić information content (AvgIpc) is 3.57. The molecule has 0 saturated heterocycles. The van der Waals surface area contributed by atoms with E-state index in [-0.39, 0.29) is 23.2 Å². The van der Waals surface area contributed by atoms with E-state index in [1.54, 1.807) is 61.2 Å². The highest BCUT2D eigenvalue weighted by Gasteiger charge is 2.39. The zero-order chi connectivity index (χ0) is 26.1. The number of carbonyl (C=O) groups is 2. The van der Waals surface area contributed by atoms with Gasteiger partial charge in [-0.2, -0.15) is 0 Å². The molecule has 1 fully saturated rings. The smallest absolute Gasteiger partial charge is 0.284 e. The predicted molar refractivity (Wildman–Crippen MR) is 138 cm³/mol. The molecule has 0 radical (unpaired) electrons. The molecular weight excluding hydrogens is 472 g/mol. The highest BCUT2D eigenvalue weighted by atomic mass is 16.5. The maximum atomic E-state index is 13.1. The molecule has 0 spiro atoms. The first-order valence-electron chi connectivity index (χ1n) is 11.9. The number of amides is 2. The molecule has 2 amide bonds. The lowest BCUT2D eigenvalue weighted by Gasteiger charge is -2.09. The third-order valence-corrected chi connectivity index (χ3v) is 6.42. The summed E-state index contributed by atoms with van der Waals surface area (Å²) in [5, 5.41) is 5.49. The van der Waals surface area contributed by atoms with Crippen LogP contribution in [0.25, 0.3) is 5.69 Å². The monoisotopic (exact) mass is 498 g/mol. The SMILES string of the molecule is Cc1c(C(=O)Nc2ccc(Oc3ccnc(NC(=O)C4C[C@H]4C)c3)cn2)c(=O)n(-c2ccccc2)n1C. The van der Waals surface area contributed by atoms with Crippen molar-refractivity contribution in [1.82, 2.24) is 19.3 Å². The standard InChI is InChI=1S/C27H26N6O4/c1-16-13-21(16)25(34)31-23-14-19(11-12-28-23)37-20-9-10-22(29-15-20)30-26(35)24-17(2)32(3)33(27(24)36)18-7-5-4-6-8-18/h4-12,14-16,21H,13H2,1-3H3,(H,28,31,34)(H,29,30,35)/t16-,21?/m1/s1. The summed E-state index contributed by atoms with van der Waals surface area (Å²) in [4.78, 5) is 46.6. The number of nitrogens with one attached hydrogen (secondary N) is 2. The lowest BCUT2D eigenvalue weighted by Crippen LogP contribution is -2.25. The Hall–Kier alpha value is -4.73. The van der Waals surface area contributed by atoms with Crippen LogP contribution in [0, 0.1) is 18.8 Å². The second kappa shape index (κ2) is 9.73. The second-order valence-electron chi connectivity index (χ2n) is 9.06. The van der Waals surface area contributed by atoms with Crippen LogP contribution in [-0.2, 0) is 11.8 Å². The lowest BCUT2D eigenvalue weighted by molar-refractivity contribution is -0.117. The molecule has 1 aliphatic rings. The largest absolute Gasteiger partial charge is 0.456 e. The van der Waals surface area contributed by atoms with E-state index in [0.717, 1.165) is 6.42 Å². The molecule has 188 valence electrons. The summed E-state index contributed by atoms with van der Waals surface area (Å²) in [7, 11) is 1.73. The number of benzene rings is 1. The van der Waals surface area contributed by atoms with Crippen molar-refractivity contribution in [2.45, 2.75) is 20.3 Å². The number of nitrogens with zero attached hydrogens (tertiary/aromatic N) is 4. The molecule has 1 aromatic carbocycles. The molecule has 5 rings (SSSR count). The van der Waals surface area contributed by atoms with Gasteiger partial charge in [0.15, 0.2) is 0 Å². The normalized spacial score (nSPS) is 16.2. The molecule has 1 saturated carbocycles. The number of hydrogen-bond acceptors (Lipinski definition) is 6. The van der Waals surface area contributed by atoms with E-state index in [0.29, 0.717) is 34.6 Å². The zero-order valence-corrected chi connectivity index (χ0v) is 20.6. The highest BCUT2D eigenvalue weighted by Crippen LogP contribution is 2.38. The fraction of sp³-hybridized carbons (Fsp3) is 0.222. The zero-order valence-electron chi connectivity index (χ0n) is 20.6. The molecule has 0 bridgehead atoms. The fourth-order valence-corrected chi connectivity index (χ4v) is 4.11. The summed E-state index contributed by atoms with van der Waals surface area (Å²) in [6.45, 7) is 3.76. The van der Waals surface area contributed by atoms with Gasteiger partial charge in [0, 0.05) is 25.2 Å².